The SMILES string of the molecule is Cc1ccc2cc(C(=O)NC3C4CCN(CC4)C3(C)C)sc2c1C#N.Cl. The topological polar surface area (TPSA) is 56.1 Å². The van der Waals surface area contributed by atoms with E-state index < -0.39 is 0 Å². The first-order chi connectivity index (χ1) is 11.9. The van der Waals surface area contributed by atoms with Gasteiger partial charge in [-0.3, -0.25) is 9.69 Å². The molecule has 1 aromatic carbocycles. The molecule has 3 aliphatic rings. The molecule has 3 saturated heterocycles. The second kappa shape index (κ2) is 6.84. The zero-order valence-corrected chi connectivity index (χ0v) is 17.0. The van der Waals surface area contributed by atoms with Crippen LogP contribution >= 0.6 is 23.7 Å². The molecule has 1 aromatic heterocycles. The lowest BCUT2D eigenvalue weighted by molar-refractivity contribution is -0.0377. The zero-order valence-electron chi connectivity index (χ0n) is 15.3. The summed E-state index contributed by atoms with van der Waals surface area (Å²) in [5.74, 6) is 0.560. The maximum absolute atomic E-state index is 12.9. The molecular weight excluding hydrogens is 366 g/mol. The third-order valence-corrected chi connectivity index (χ3v) is 7.27. The number of rotatable bonds is 2. The van der Waals surface area contributed by atoms with Crippen LogP contribution in [0.4, 0.5) is 0 Å². The maximum atomic E-state index is 12.9. The van der Waals surface area contributed by atoms with Crippen molar-refractivity contribution in [2.24, 2.45) is 5.92 Å². The van der Waals surface area contributed by atoms with Gasteiger partial charge in [0, 0.05) is 11.6 Å². The van der Waals surface area contributed by atoms with E-state index in [1.165, 1.54) is 24.2 Å². The smallest absolute Gasteiger partial charge is 0.261 e. The first-order valence-corrected chi connectivity index (χ1v) is 9.72. The fourth-order valence-corrected chi connectivity index (χ4v) is 5.65. The van der Waals surface area contributed by atoms with Crippen molar-refractivity contribution >= 4 is 39.7 Å². The van der Waals surface area contributed by atoms with Gasteiger partial charge in [-0.05, 0) is 69.6 Å². The number of fused-ring (bicyclic) bond motifs is 4. The largest absolute Gasteiger partial charge is 0.346 e. The van der Waals surface area contributed by atoms with Gasteiger partial charge in [-0.2, -0.15) is 5.26 Å². The highest BCUT2D eigenvalue weighted by Gasteiger charge is 2.48. The summed E-state index contributed by atoms with van der Waals surface area (Å²) in [6.07, 6.45) is 2.33. The molecule has 1 unspecified atom stereocenters. The molecule has 6 heteroatoms. The van der Waals surface area contributed by atoms with Crippen LogP contribution in [-0.2, 0) is 0 Å². The van der Waals surface area contributed by atoms with E-state index in [4.69, 9.17) is 0 Å². The number of amides is 1. The number of thiophene rings is 1. The fourth-order valence-electron chi connectivity index (χ4n) is 4.54. The normalized spacial score (nSPS) is 26.2. The van der Waals surface area contributed by atoms with E-state index in [2.05, 4.69) is 30.1 Å². The number of carbonyl (C=O) groups excluding carboxylic acids is 1. The molecule has 5 rings (SSSR count). The highest BCUT2D eigenvalue weighted by atomic mass is 35.5. The summed E-state index contributed by atoms with van der Waals surface area (Å²) in [7, 11) is 0. The summed E-state index contributed by atoms with van der Waals surface area (Å²) in [6.45, 7) is 8.69. The Morgan fingerprint density at radius 2 is 2.04 bits per heavy atom. The van der Waals surface area contributed by atoms with Crippen molar-refractivity contribution in [3.8, 4) is 6.07 Å². The summed E-state index contributed by atoms with van der Waals surface area (Å²) in [4.78, 5) is 16.1. The number of nitrogens with one attached hydrogen (secondary N) is 1. The van der Waals surface area contributed by atoms with Gasteiger partial charge in [0.25, 0.3) is 5.91 Å². The van der Waals surface area contributed by atoms with Gasteiger partial charge in [0.05, 0.1) is 15.1 Å². The monoisotopic (exact) mass is 389 g/mol. The second-order valence-electron chi connectivity index (χ2n) is 7.83. The predicted molar refractivity (Wildman–Crippen MR) is 108 cm³/mol. The molecule has 4 nitrogen and oxygen atoms in total. The van der Waals surface area contributed by atoms with Gasteiger partial charge in [-0.1, -0.05) is 12.1 Å². The van der Waals surface area contributed by atoms with Gasteiger partial charge in [0.2, 0.25) is 0 Å². The Bertz CT molecular complexity index is 890. The van der Waals surface area contributed by atoms with Crippen LogP contribution in [0.3, 0.4) is 0 Å². The number of hydrogen-bond acceptors (Lipinski definition) is 4. The zero-order chi connectivity index (χ0) is 17.8. The minimum absolute atomic E-state index is 0. The van der Waals surface area contributed by atoms with Crippen molar-refractivity contribution in [1.29, 1.82) is 5.26 Å². The van der Waals surface area contributed by atoms with Gasteiger partial charge in [-0.15, -0.1) is 23.7 Å². The number of hydrogen-bond donors (Lipinski definition) is 1. The van der Waals surface area contributed by atoms with Crippen molar-refractivity contribution in [2.75, 3.05) is 13.1 Å². The fraction of sp³-hybridized carbons (Fsp3) is 0.500. The molecular formula is C20H24ClN3OS. The third kappa shape index (κ3) is 2.90. The predicted octanol–water partition coefficient (Wildman–Crippen LogP) is 4.11. The highest BCUT2D eigenvalue weighted by molar-refractivity contribution is 7.21. The summed E-state index contributed by atoms with van der Waals surface area (Å²) in [5, 5.41) is 13.7. The van der Waals surface area contributed by atoms with E-state index in [0.717, 1.165) is 28.7 Å². The first-order valence-electron chi connectivity index (χ1n) is 8.91. The van der Waals surface area contributed by atoms with Crippen LogP contribution in [0, 0.1) is 24.2 Å². The average molecular weight is 390 g/mol. The van der Waals surface area contributed by atoms with Gasteiger partial charge < -0.3 is 5.32 Å². The highest BCUT2D eigenvalue weighted by Crippen LogP contribution is 2.39. The molecule has 0 spiro atoms. The van der Waals surface area contributed by atoms with Crippen LogP contribution in [0.15, 0.2) is 18.2 Å². The number of nitriles is 1. The lowest BCUT2D eigenvalue weighted by Gasteiger charge is -2.56. The Morgan fingerprint density at radius 1 is 1.35 bits per heavy atom. The number of piperidine rings is 3. The summed E-state index contributed by atoms with van der Waals surface area (Å²) in [5.41, 5.74) is 1.65. The number of benzene rings is 1. The van der Waals surface area contributed by atoms with Crippen LogP contribution in [-0.4, -0.2) is 35.5 Å². The molecule has 1 N–H and O–H groups in total. The Morgan fingerprint density at radius 3 is 2.65 bits per heavy atom. The van der Waals surface area contributed by atoms with Crippen molar-refractivity contribution in [3.05, 3.63) is 34.2 Å². The number of halogens is 1. The van der Waals surface area contributed by atoms with Crippen LogP contribution in [0.25, 0.3) is 10.1 Å². The average Bonchev–Trinajstić information content (AvgIpc) is 3.02. The van der Waals surface area contributed by atoms with Crippen molar-refractivity contribution in [1.82, 2.24) is 10.2 Å². The van der Waals surface area contributed by atoms with E-state index >= 15 is 0 Å². The molecule has 1 amide bonds. The molecule has 0 aliphatic carbocycles. The molecule has 138 valence electrons. The van der Waals surface area contributed by atoms with Crippen molar-refractivity contribution in [3.63, 3.8) is 0 Å². The Balaban J connectivity index is 0.00000196. The van der Waals surface area contributed by atoms with E-state index in [1.807, 2.05) is 25.1 Å². The summed E-state index contributed by atoms with van der Waals surface area (Å²) in [6, 6.07) is 8.33. The molecule has 3 aliphatic heterocycles. The number of aryl methyl sites for hydroxylation is 1. The van der Waals surface area contributed by atoms with Gasteiger partial charge in [0.15, 0.2) is 0 Å². The number of nitrogens with zero attached hydrogens (tertiary/aromatic N) is 2. The van der Waals surface area contributed by atoms with E-state index in [1.54, 1.807) is 0 Å². The Kier molecular flexibility index (Phi) is 5.04. The van der Waals surface area contributed by atoms with E-state index in [9.17, 15) is 10.1 Å². The minimum Gasteiger partial charge on any atom is -0.346 e. The Labute approximate surface area is 164 Å². The van der Waals surface area contributed by atoms with Crippen molar-refractivity contribution < 1.29 is 4.79 Å². The van der Waals surface area contributed by atoms with Crippen LogP contribution < -0.4 is 5.32 Å². The molecule has 0 saturated carbocycles. The van der Waals surface area contributed by atoms with Crippen LogP contribution in [0.1, 0.15) is 47.5 Å². The maximum Gasteiger partial charge on any atom is 0.261 e. The quantitative estimate of drug-likeness (QED) is 0.840. The molecule has 4 heterocycles. The number of carbonyl (C=O) groups is 1. The molecule has 2 aromatic rings. The first kappa shape index (κ1) is 19.2. The molecule has 1 atom stereocenters. The second-order valence-corrected chi connectivity index (χ2v) is 8.88. The summed E-state index contributed by atoms with van der Waals surface area (Å²) < 4.78 is 0.917. The van der Waals surface area contributed by atoms with E-state index in [-0.39, 0.29) is 29.9 Å². The lowest BCUT2D eigenvalue weighted by Crippen LogP contribution is -2.69. The Hall–Kier alpha value is -1.61. The lowest BCUT2D eigenvalue weighted by atomic mass is 9.72. The standard InChI is InChI=1S/C20H23N3OS.ClH/c1-12-4-5-14-10-16(25-17(14)15(12)11-21)19(24)22-18-13-6-8-23(9-7-13)20(18,2)3;/h4-5,10,13,18H,6-9H2,1-3H3,(H,22,24);1H. The van der Waals surface area contributed by atoms with Gasteiger partial charge in [0.1, 0.15) is 6.07 Å². The molecule has 0 radical (unpaired) electrons. The third-order valence-electron chi connectivity index (χ3n) is 6.10. The van der Waals surface area contributed by atoms with E-state index in [0.29, 0.717) is 16.4 Å². The summed E-state index contributed by atoms with van der Waals surface area (Å²) >= 11 is 1.43. The van der Waals surface area contributed by atoms with Crippen molar-refractivity contribution in [2.45, 2.75) is 45.2 Å². The van der Waals surface area contributed by atoms with Crippen LogP contribution in [0.2, 0.25) is 0 Å². The molecule has 3 fully saturated rings. The van der Waals surface area contributed by atoms with Gasteiger partial charge >= 0.3 is 0 Å². The molecule has 2 bridgehead atoms. The van der Waals surface area contributed by atoms with Crippen LogP contribution in [0.5, 0.6) is 0 Å². The molecule has 26 heavy (non-hydrogen) atoms. The minimum atomic E-state index is -0.00503. The van der Waals surface area contributed by atoms with Gasteiger partial charge in [-0.25, -0.2) is 0 Å².